The monoisotopic (exact) mass is 244 g/mol. The molecule has 4 heteroatoms. The quantitative estimate of drug-likeness (QED) is 0.682. The van der Waals surface area contributed by atoms with E-state index in [1.165, 1.54) is 0 Å². The standard InChI is InChI=1S/C13H28N2O2/c1-9(2)7-13(6,17)8-15-11(16)10(14)12(3,4)5/h9-10,17H,7-8,14H2,1-6H3,(H,15,16). The first kappa shape index (κ1) is 16.4. The average molecular weight is 244 g/mol. The first-order chi connectivity index (χ1) is 7.46. The summed E-state index contributed by atoms with van der Waals surface area (Å²) in [5.74, 6) is 0.180. The summed E-state index contributed by atoms with van der Waals surface area (Å²) >= 11 is 0. The van der Waals surface area contributed by atoms with E-state index >= 15 is 0 Å². The Morgan fingerprint density at radius 3 is 2.12 bits per heavy atom. The molecule has 0 aromatic rings. The zero-order valence-electron chi connectivity index (χ0n) is 12.0. The number of hydrogen-bond acceptors (Lipinski definition) is 3. The molecule has 2 unspecified atom stereocenters. The molecule has 0 bridgehead atoms. The van der Waals surface area contributed by atoms with E-state index in [0.29, 0.717) is 12.3 Å². The highest BCUT2D eigenvalue weighted by Gasteiger charge is 2.29. The SMILES string of the molecule is CC(C)CC(C)(O)CNC(=O)C(N)C(C)(C)C. The second-order valence-electron chi connectivity index (χ2n) is 6.66. The molecule has 0 rings (SSSR count). The molecule has 0 aliphatic rings. The van der Waals surface area contributed by atoms with Crippen molar-refractivity contribution in [2.24, 2.45) is 17.1 Å². The smallest absolute Gasteiger partial charge is 0.237 e. The lowest BCUT2D eigenvalue weighted by atomic mass is 9.86. The van der Waals surface area contributed by atoms with Gasteiger partial charge in [0.2, 0.25) is 5.91 Å². The molecular formula is C13H28N2O2. The minimum Gasteiger partial charge on any atom is -0.388 e. The van der Waals surface area contributed by atoms with Gasteiger partial charge in [-0.15, -0.1) is 0 Å². The number of nitrogens with one attached hydrogen (secondary N) is 1. The van der Waals surface area contributed by atoms with E-state index in [2.05, 4.69) is 5.32 Å². The molecule has 17 heavy (non-hydrogen) atoms. The van der Waals surface area contributed by atoms with Gasteiger partial charge in [0.15, 0.2) is 0 Å². The van der Waals surface area contributed by atoms with E-state index in [0.717, 1.165) is 0 Å². The minimum absolute atomic E-state index is 0.207. The molecular weight excluding hydrogens is 216 g/mol. The third kappa shape index (κ3) is 6.64. The van der Waals surface area contributed by atoms with Crippen LogP contribution in [-0.4, -0.2) is 29.2 Å². The molecule has 0 saturated carbocycles. The van der Waals surface area contributed by atoms with Crippen LogP contribution in [0.4, 0.5) is 0 Å². The summed E-state index contributed by atoms with van der Waals surface area (Å²) in [6.07, 6.45) is 0.651. The van der Waals surface area contributed by atoms with E-state index in [1.54, 1.807) is 6.92 Å². The van der Waals surface area contributed by atoms with Crippen molar-refractivity contribution in [1.29, 1.82) is 0 Å². The van der Waals surface area contributed by atoms with Crippen LogP contribution in [0.1, 0.15) is 48.0 Å². The maximum absolute atomic E-state index is 11.8. The van der Waals surface area contributed by atoms with Crippen molar-refractivity contribution in [2.75, 3.05) is 6.54 Å². The number of nitrogens with two attached hydrogens (primary N) is 1. The molecule has 0 saturated heterocycles. The fraction of sp³-hybridized carbons (Fsp3) is 0.923. The maximum Gasteiger partial charge on any atom is 0.237 e. The highest BCUT2D eigenvalue weighted by molar-refractivity contribution is 5.82. The zero-order valence-corrected chi connectivity index (χ0v) is 12.0. The van der Waals surface area contributed by atoms with Crippen LogP contribution >= 0.6 is 0 Å². The van der Waals surface area contributed by atoms with Gasteiger partial charge in [-0.25, -0.2) is 0 Å². The summed E-state index contributed by atoms with van der Waals surface area (Å²) in [4.78, 5) is 11.8. The van der Waals surface area contributed by atoms with Crippen LogP contribution in [-0.2, 0) is 4.79 Å². The van der Waals surface area contributed by atoms with Crippen LogP contribution in [0.2, 0.25) is 0 Å². The van der Waals surface area contributed by atoms with Crippen molar-refractivity contribution in [2.45, 2.75) is 59.6 Å². The molecule has 1 amide bonds. The molecule has 4 nitrogen and oxygen atoms in total. The van der Waals surface area contributed by atoms with Gasteiger partial charge in [0.1, 0.15) is 0 Å². The number of carbonyl (C=O) groups is 1. The maximum atomic E-state index is 11.8. The van der Waals surface area contributed by atoms with Crippen molar-refractivity contribution in [1.82, 2.24) is 5.32 Å². The molecule has 0 aromatic carbocycles. The van der Waals surface area contributed by atoms with E-state index in [4.69, 9.17) is 5.73 Å². The molecule has 0 spiro atoms. The number of amides is 1. The molecule has 0 fully saturated rings. The van der Waals surface area contributed by atoms with E-state index < -0.39 is 11.6 Å². The normalized spacial score (nSPS) is 17.7. The Bertz CT molecular complexity index is 255. The van der Waals surface area contributed by atoms with Gasteiger partial charge in [-0.05, 0) is 24.7 Å². The molecule has 0 aliphatic carbocycles. The van der Waals surface area contributed by atoms with Crippen LogP contribution < -0.4 is 11.1 Å². The molecule has 0 aliphatic heterocycles. The van der Waals surface area contributed by atoms with Crippen LogP contribution in [0.25, 0.3) is 0 Å². The van der Waals surface area contributed by atoms with Crippen molar-refractivity contribution in [3.8, 4) is 0 Å². The fourth-order valence-electron chi connectivity index (χ4n) is 1.73. The minimum atomic E-state index is -0.874. The van der Waals surface area contributed by atoms with Crippen molar-refractivity contribution < 1.29 is 9.90 Å². The molecule has 0 heterocycles. The highest BCUT2D eigenvalue weighted by Crippen LogP contribution is 2.18. The Hall–Kier alpha value is -0.610. The largest absolute Gasteiger partial charge is 0.388 e. The summed E-state index contributed by atoms with van der Waals surface area (Å²) in [6.45, 7) is 11.8. The van der Waals surface area contributed by atoms with Gasteiger partial charge in [-0.2, -0.15) is 0 Å². The molecule has 0 aromatic heterocycles. The first-order valence-electron chi connectivity index (χ1n) is 6.21. The van der Waals surface area contributed by atoms with Crippen LogP contribution in [0.15, 0.2) is 0 Å². The van der Waals surface area contributed by atoms with Gasteiger partial charge in [0.25, 0.3) is 0 Å². The Morgan fingerprint density at radius 2 is 1.76 bits per heavy atom. The molecule has 102 valence electrons. The molecule has 0 radical (unpaired) electrons. The predicted octanol–water partition coefficient (Wildman–Crippen LogP) is 1.27. The summed E-state index contributed by atoms with van der Waals surface area (Å²) < 4.78 is 0. The lowest BCUT2D eigenvalue weighted by Gasteiger charge is -2.29. The number of aliphatic hydroxyl groups is 1. The average Bonchev–Trinajstić information content (AvgIpc) is 2.09. The lowest BCUT2D eigenvalue weighted by molar-refractivity contribution is -0.125. The third-order valence-electron chi connectivity index (χ3n) is 2.71. The second-order valence-corrected chi connectivity index (χ2v) is 6.66. The Balaban J connectivity index is 4.25. The van der Waals surface area contributed by atoms with Gasteiger partial charge < -0.3 is 16.2 Å². The van der Waals surface area contributed by atoms with Crippen LogP contribution in [0.3, 0.4) is 0 Å². The lowest BCUT2D eigenvalue weighted by Crippen LogP contribution is -2.52. The van der Waals surface area contributed by atoms with Crippen molar-refractivity contribution >= 4 is 5.91 Å². The Kier molecular flexibility index (Phi) is 5.62. The number of rotatable bonds is 5. The van der Waals surface area contributed by atoms with Gasteiger partial charge in [0.05, 0.1) is 11.6 Å². The van der Waals surface area contributed by atoms with E-state index in [-0.39, 0.29) is 17.9 Å². The van der Waals surface area contributed by atoms with Crippen molar-refractivity contribution in [3.05, 3.63) is 0 Å². The van der Waals surface area contributed by atoms with Gasteiger partial charge in [-0.1, -0.05) is 34.6 Å². The topological polar surface area (TPSA) is 75.3 Å². The van der Waals surface area contributed by atoms with E-state index in [1.807, 2.05) is 34.6 Å². The Labute approximate surface area is 105 Å². The Morgan fingerprint density at radius 1 is 1.29 bits per heavy atom. The number of carbonyl (C=O) groups excluding carboxylic acids is 1. The van der Waals surface area contributed by atoms with Crippen LogP contribution in [0, 0.1) is 11.3 Å². The number of hydrogen-bond donors (Lipinski definition) is 3. The fourth-order valence-corrected chi connectivity index (χ4v) is 1.73. The molecule has 4 N–H and O–H groups in total. The summed E-state index contributed by atoms with van der Waals surface area (Å²) in [5, 5.41) is 12.8. The van der Waals surface area contributed by atoms with Gasteiger partial charge >= 0.3 is 0 Å². The third-order valence-corrected chi connectivity index (χ3v) is 2.71. The first-order valence-corrected chi connectivity index (χ1v) is 6.21. The molecule has 2 atom stereocenters. The summed E-state index contributed by atoms with van der Waals surface area (Å²) in [6, 6.07) is -0.558. The van der Waals surface area contributed by atoms with Crippen molar-refractivity contribution in [3.63, 3.8) is 0 Å². The van der Waals surface area contributed by atoms with Gasteiger partial charge in [-0.3, -0.25) is 4.79 Å². The van der Waals surface area contributed by atoms with E-state index in [9.17, 15) is 9.90 Å². The predicted molar refractivity (Wildman–Crippen MR) is 70.5 cm³/mol. The highest BCUT2D eigenvalue weighted by atomic mass is 16.3. The summed E-state index contributed by atoms with van der Waals surface area (Å²) in [5.41, 5.74) is 4.69. The van der Waals surface area contributed by atoms with Crippen LogP contribution in [0.5, 0.6) is 0 Å². The second kappa shape index (κ2) is 5.83. The zero-order chi connectivity index (χ0) is 13.9. The summed E-state index contributed by atoms with van der Waals surface area (Å²) in [7, 11) is 0. The van der Waals surface area contributed by atoms with Gasteiger partial charge in [0, 0.05) is 6.54 Å².